The zero-order chi connectivity index (χ0) is 19.6. The third-order valence-corrected chi connectivity index (χ3v) is 6.51. The first-order valence-corrected chi connectivity index (χ1v) is 10.6. The van der Waals surface area contributed by atoms with E-state index < -0.39 is 9.84 Å². The molecule has 0 radical (unpaired) electrons. The van der Waals surface area contributed by atoms with Gasteiger partial charge in [-0.05, 0) is 67.8 Å². The maximum atomic E-state index is 12.4. The lowest BCUT2D eigenvalue weighted by atomic mass is 10.1. The Kier molecular flexibility index (Phi) is 5.32. The summed E-state index contributed by atoms with van der Waals surface area (Å²) in [6, 6.07) is 11.6. The Bertz CT molecular complexity index is 982. The van der Waals surface area contributed by atoms with Crippen molar-refractivity contribution in [1.82, 2.24) is 5.32 Å². The summed E-state index contributed by atoms with van der Waals surface area (Å²) >= 11 is 0. The van der Waals surface area contributed by atoms with Crippen LogP contribution in [0.3, 0.4) is 0 Å². The minimum Gasteiger partial charge on any atom is -0.348 e. The fourth-order valence-corrected chi connectivity index (χ4v) is 4.65. The van der Waals surface area contributed by atoms with Gasteiger partial charge in [0.1, 0.15) is 0 Å². The monoisotopic (exact) mass is 386 g/mol. The summed E-state index contributed by atoms with van der Waals surface area (Å²) in [6.45, 7) is 3.99. The van der Waals surface area contributed by atoms with E-state index in [-0.39, 0.29) is 29.4 Å². The molecule has 2 N–H and O–H groups in total. The van der Waals surface area contributed by atoms with Crippen LogP contribution in [0.25, 0.3) is 0 Å². The molecular formula is C20H22N2O4S. The SMILES string of the molecule is Cc1ccc(NC(=O)c2ccc(C(=O)NC3CCS(=O)(=O)C3)cc2)cc1C. The molecule has 0 aromatic heterocycles. The molecule has 1 unspecified atom stereocenters. The molecule has 27 heavy (non-hydrogen) atoms. The number of aryl methyl sites for hydroxylation is 2. The van der Waals surface area contributed by atoms with Crippen molar-refractivity contribution in [2.75, 3.05) is 16.8 Å². The Balaban J connectivity index is 1.63. The Morgan fingerprint density at radius 3 is 2.11 bits per heavy atom. The predicted octanol–water partition coefficient (Wildman–Crippen LogP) is 2.47. The van der Waals surface area contributed by atoms with Crippen molar-refractivity contribution in [3.8, 4) is 0 Å². The van der Waals surface area contributed by atoms with E-state index in [1.165, 1.54) is 0 Å². The van der Waals surface area contributed by atoms with E-state index in [1.807, 2.05) is 32.0 Å². The normalized spacial score (nSPS) is 18.1. The number of anilines is 1. The number of hydrogen-bond acceptors (Lipinski definition) is 4. The molecule has 2 aromatic rings. The second kappa shape index (κ2) is 7.52. The zero-order valence-corrected chi connectivity index (χ0v) is 16.1. The number of rotatable bonds is 4. The molecule has 1 aliphatic heterocycles. The highest BCUT2D eigenvalue weighted by Gasteiger charge is 2.29. The molecule has 1 fully saturated rings. The number of nitrogens with one attached hydrogen (secondary N) is 2. The molecule has 1 aliphatic rings. The van der Waals surface area contributed by atoms with Gasteiger partial charge >= 0.3 is 0 Å². The average Bonchev–Trinajstić information content (AvgIpc) is 2.96. The molecular weight excluding hydrogens is 364 g/mol. The average molecular weight is 386 g/mol. The van der Waals surface area contributed by atoms with E-state index in [9.17, 15) is 18.0 Å². The van der Waals surface area contributed by atoms with Crippen molar-refractivity contribution >= 4 is 27.3 Å². The summed E-state index contributed by atoms with van der Waals surface area (Å²) in [7, 11) is -3.04. The van der Waals surface area contributed by atoms with Gasteiger partial charge in [0.15, 0.2) is 9.84 Å². The van der Waals surface area contributed by atoms with Crippen LogP contribution in [-0.2, 0) is 9.84 Å². The van der Waals surface area contributed by atoms with Crippen LogP contribution >= 0.6 is 0 Å². The Labute approximate surface area is 158 Å². The van der Waals surface area contributed by atoms with Crippen LogP contribution < -0.4 is 10.6 Å². The van der Waals surface area contributed by atoms with Crippen LogP contribution in [0.4, 0.5) is 5.69 Å². The smallest absolute Gasteiger partial charge is 0.255 e. The standard InChI is InChI=1S/C20H22N2O4S/c1-13-3-8-17(11-14(13)2)21-19(23)15-4-6-16(7-5-15)20(24)22-18-9-10-27(25,26)12-18/h3-8,11,18H,9-10,12H2,1-2H3,(H,21,23)(H,22,24). The fourth-order valence-electron chi connectivity index (χ4n) is 2.97. The Morgan fingerprint density at radius 1 is 0.926 bits per heavy atom. The van der Waals surface area contributed by atoms with Gasteiger partial charge in [-0.2, -0.15) is 0 Å². The number of hydrogen-bond donors (Lipinski definition) is 2. The molecule has 2 amide bonds. The minimum atomic E-state index is -3.04. The van der Waals surface area contributed by atoms with Gasteiger partial charge in [-0.15, -0.1) is 0 Å². The number of amides is 2. The van der Waals surface area contributed by atoms with E-state index in [4.69, 9.17) is 0 Å². The second-order valence-electron chi connectivity index (χ2n) is 6.90. The van der Waals surface area contributed by atoms with Crippen LogP contribution in [0.1, 0.15) is 38.3 Å². The van der Waals surface area contributed by atoms with Crippen LogP contribution in [0.5, 0.6) is 0 Å². The molecule has 0 aliphatic carbocycles. The third kappa shape index (κ3) is 4.74. The maximum absolute atomic E-state index is 12.4. The molecule has 0 spiro atoms. The number of benzene rings is 2. The van der Waals surface area contributed by atoms with Gasteiger partial charge in [-0.1, -0.05) is 6.07 Å². The van der Waals surface area contributed by atoms with E-state index >= 15 is 0 Å². The molecule has 1 atom stereocenters. The lowest BCUT2D eigenvalue weighted by Crippen LogP contribution is -2.35. The lowest BCUT2D eigenvalue weighted by molar-refractivity contribution is 0.0939. The van der Waals surface area contributed by atoms with Crippen molar-refractivity contribution in [3.05, 3.63) is 64.7 Å². The topological polar surface area (TPSA) is 92.3 Å². The van der Waals surface area contributed by atoms with E-state index in [2.05, 4.69) is 10.6 Å². The fraction of sp³-hybridized carbons (Fsp3) is 0.300. The van der Waals surface area contributed by atoms with Crippen LogP contribution in [0.15, 0.2) is 42.5 Å². The van der Waals surface area contributed by atoms with Crippen LogP contribution in [-0.4, -0.2) is 37.8 Å². The number of carbonyl (C=O) groups excluding carboxylic acids is 2. The molecule has 7 heteroatoms. The van der Waals surface area contributed by atoms with E-state index in [0.29, 0.717) is 23.2 Å². The zero-order valence-electron chi connectivity index (χ0n) is 15.3. The largest absolute Gasteiger partial charge is 0.348 e. The first kappa shape index (κ1) is 19.1. The van der Waals surface area contributed by atoms with Gasteiger partial charge in [-0.3, -0.25) is 9.59 Å². The van der Waals surface area contributed by atoms with Gasteiger partial charge in [-0.25, -0.2) is 8.42 Å². The Hall–Kier alpha value is -2.67. The molecule has 0 saturated carbocycles. The number of carbonyl (C=O) groups is 2. The van der Waals surface area contributed by atoms with Crippen molar-refractivity contribution in [2.45, 2.75) is 26.3 Å². The van der Waals surface area contributed by atoms with Crippen molar-refractivity contribution in [2.24, 2.45) is 0 Å². The third-order valence-electron chi connectivity index (χ3n) is 4.74. The molecule has 1 heterocycles. The van der Waals surface area contributed by atoms with Crippen LogP contribution in [0, 0.1) is 13.8 Å². The second-order valence-corrected chi connectivity index (χ2v) is 9.13. The highest BCUT2D eigenvalue weighted by atomic mass is 32.2. The van der Waals surface area contributed by atoms with Crippen molar-refractivity contribution in [3.63, 3.8) is 0 Å². The summed E-state index contributed by atoms with van der Waals surface area (Å²) < 4.78 is 22.9. The molecule has 3 rings (SSSR count). The summed E-state index contributed by atoms with van der Waals surface area (Å²) in [5, 5.41) is 5.57. The molecule has 6 nitrogen and oxygen atoms in total. The lowest BCUT2D eigenvalue weighted by Gasteiger charge is -2.11. The van der Waals surface area contributed by atoms with Gasteiger partial charge in [0.2, 0.25) is 0 Å². The number of sulfone groups is 1. The predicted molar refractivity (Wildman–Crippen MR) is 105 cm³/mol. The van der Waals surface area contributed by atoms with Gasteiger partial charge < -0.3 is 10.6 Å². The minimum absolute atomic E-state index is 0.0187. The van der Waals surface area contributed by atoms with E-state index in [0.717, 1.165) is 11.1 Å². The van der Waals surface area contributed by atoms with E-state index in [1.54, 1.807) is 24.3 Å². The summed E-state index contributed by atoms with van der Waals surface area (Å²) in [6.07, 6.45) is 0.435. The van der Waals surface area contributed by atoms with Gasteiger partial charge in [0, 0.05) is 22.9 Å². The first-order valence-electron chi connectivity index (χ1n) is 8.73. The molecule has 2 aromatic carbocycles. The van der Waals surface area contributed by atoms with Gasteiger partial charge in [0.25, 0.3) is 11.8 Å². The first-order chi connectivity index (χ1) is 12.7. The van der Waals surface area contributed by atoms with Crippen LogP contribution in [0.2, 0.25) is 0 Å². The molecule has 0 bridgehead atoms. The highest BCUT2D eigenvalue weighted by Crippen LogP contribution is 2.16. The molecule has 1 saturated heterocycles. The maximum Gasteiger partial charge on any atom is 0.255 e. The van der Waals surface area contributed by atoms with Crippen molar-refractivity contribution in [1.29, 1.82) is 0 Å². The van der Waals surface area contributed by atoms with Gasteiger partial charge in [0.05, 0.1) is 11.5 Å². The summed E-state index contributed by atoms with van der Waals surface area (Å²) in [4.78, 5) is 24.6. The Morgan fingerprint density at radius 2 is 1.56 bits per heavy atom. The summed E-state index contributed by atoms with van der Waals surface area (Å²) in [5.41, 5.74) is 3.79. The highest BCUT2D eigenvalue weighted by molar-refractivity contribution is 7.91. The quantitative estimate of drug-likeness (QED) is 0.844. The summed E-state index contributed by atoms with van der Waals surface area (Å²) in [5.74, 6) is -0.504. The van der Waals surface area contributed by atoms with Crippen molar-refractivity contribution < 1.29 is 18.0 Å². The molecule has 142 valence electrons.